The van der Waals surface area contributed by atoms with Gasteiger partial charge in [0, 0.05) is 24.4 Å². The lowest BCUT2D eigenvalue weighted by molar-refractivity contribution is 0.530. The van der Waals surface area contributed by atoms with E-state index in [1.54, 1.807) is 6.07 Å². The van der Waals surface area contributed by atoms with Crippen LogP contribution in [0.2, 0.25) is 0 Å². The lowest BCUT2D eigenvalue weighted by Crippen LogP contribution is -2.18. The quantitative estimate of drug-likeness (QED) is 0.886. The zero-order valence-corrected chi connectivity index (χ0v) is 10.9. The van der Waals surface area contributed by atoms with Crippen LogP contribution in [0.3, 0.4) is 0 Å². The van der Waals surface area contributed by atoms with Gasteiger partial charge < -0.3 is 5.73 Å². The van der Waals surface area contributed by atoms with Gasteiger partial charge in [-0.15, -0.1) is 0 Å². The second kappa shape index (κ2) is 5.49. The fraction of sp³-hybridized carbons (Fsp3) is 0.167. The molecule has 0 aliphatic rings. The SMILES string of the molecule is NC(Cc1c(F)ccc(Br)c1F)c1ncccn1. The summed E-state index contributed by atoms with van der Waals surface area (Å²) in [7, 11) is 0. The van der Waals surface area contributed by atoms with Gasteiger partial charge in [-0.25, -0.2) is 18.7 Å². The standard InChI is InChI=1S/C12H10BrF2N3/c13-8-2-3-9(14)7(11(8)15)6-10(16)12-17-4-1-5-18-12/h1-5,10H,6,16H2. The van der Waals surface area contributed by atoms with Crippen LogP contribution < -0.4 is 5.73 Å². The van der Waals surface area contributed by atoms with Crippen molar-refractivity contribution in [2.24, 2.45) is 5.73 Å². The number of benzene rings is 1. The minimum absolute atomic E-state index is 0.00111. The van der Waals surface area contributed by atoms with E-state index in [4.69, 9.17) is 5.73 Å². The van der Waals surface area contributed by atoms with E-state index in [-0.39, 0.29) is 16.5 Å². The van der Waals surface area contributed by atoms with Crippen molar-refractivity contribution in [3.8, 4) is 0 Å². The Kier molecular flexibility index (Phi) is 3.98. The first kappa shape index (κ1) is 13.0. The molecule has 0 amide bonds. The molecule has 2 rings (SSSR count). The normalized spacial score (nSPS) is 12.4. The molecule has 2 N–H and O–H groups in total. The molecule has 1 aromatic carbocycles. The number of rotatable bonds is 3. The summed E-state index contributed by atoms with van der Waals surface area (Å²) >= 11 is 3.01. The summed E-state index contributed by atoms with van der Waals surface area (Å²) in [6, 6.07) is 3.51. The van der Waals surface area contributed by atoms with E-state index in [9.17, 15) is 8.78 Å². The Bertz CT molecular complexity index is 549. The molecule has 94 valence electrons. The molecule has 0 aliphatic carbocycles. The molecule has 1 heterocycles. The predicted molar refractivity (Wildman–Crippen MR) is 66.7 cm³/mol. The van der Waals surface area contributed by atoms with Crippen LogP contribution in [0.4, 0.5) is 8.78 Å². The molecule has 0 aliphatic heterocycles. The van der Waals surface area contributed by atoms with Crippen molar-refractivity contribution in [2.45, 2.75) is 12.5 Å². The first-order valence-electron chi connectivity index (χ1n) is 5.24. The van der Waals surface area contributed by atoms with E-state index < -0.39 is 17.7 Å². The summed E-state index contributed by atoms with van der Waals surface area (Å²) < 4.78 is 27.5. The number of hydrogen-bond donors (Lipinski definition) is 1. The topological polar surface area (TPSA) is 51.8 Å². The maximum absolute atomic E-state index is 13.8. The number of nitrogens with two attached hydrogens (primary N) is 1. The molecule has 18 heavy (non-hydrogen) atoms. The van der Waals surface area contributed by atoms with Crippen LogP contribution >= 0.6 is 15.9 Å². The molecule has 0 saturated carbocycles. The minimum atomic E-state index is -0.649. The van der Waals surface area contributed by atoms with Crippen LogP contribution in [0.25, 0.3) is 0 Å². The fourth-order valence-electron chi connectivity index (χ4n) is 1.57. The minimum Gasteiger partial charge on any atom is -0.321 e. The molecule has 3 nitrogen and oxygen atoms in total. The average molecular weight is 314 g/mol. The van der Waals surface area contributed by atoms with Gasteiger partial charge in [-0.05, 0) is 34.1 Å². The number of hydrogen-bond acceptors (Lipinski definition) is 3. The highest BCUT2D eigenvalue weighted by molar-refractivity contribution is 9.10. The third-order valence-electron chi connectivity index (χ3n) is 2.48. The van der Waals surface area contributed by atoms with Crippen LogP contribution in [-0.4, -0.2) is 9.97 Å². The molecule has 0 saturated heterocycles. The molecule has 0 bridgehead atoms. The maximum atomic E-state index is 13.8. The van der Waals surface area contributed by atoms with Crippen LogP contribution in [0, 0.1) is 11.6 Å². The summed E-state index contributed by atoms with van der Waals surface area (Å²) in [5.41, 5.74) is 5.78. The molecule has 1 unspecified atom stereocenters. The summed E-state index contributed by atoms with van der Waals surface area (Å²) in [5, 5.41) is 0. The van der Waals surface area contributed by atoms with Crippen molar-refractivity contribution >= 4 is 15.9 Å². The van der Waals surface area contributed by atoms with Crippen LogP contribution in [0.5, 0.6) is 0 Å². The van der Waals surface area contributed by atoms with Crippen molar-refractivity contribution in [3.05, 3.63) is 58.1 Å². The van der Waals surface area contributed by atoms with E-state index in [2.05, 4.69) is 25.9 Å². The van der Waals surface area contributed by atoms with Gasteiger partial charge in [0.25, 0.3) is 0 Å². The Hall–Kier alpha value is -1.40. The number of halogens is 3. The molecule has 1 atom stereocenters. The predicted octanol–water partition coefficient (Wildman–Crippen LogP) is 2.76. The third-order valence-corrected chi connectivity index (χ3v) is 3.09. The van der Waals surface area contributed by atoms with Crippen LogP contribution in [0.1, 0.15) is 17.4 Å². The maximum Gasteiger partial charge on any atom is 0.145 e. The van der Waals surface area contributed by atoms with Crippen molar-refractivity contribution in [3.63, 3.8) is 0 Å². The summed E-state index contributed by atoms with van der Waals surface area (Å²) in [5.74, 6) is -0.903. The van der Waals surface area contributed by atoms with Crippen molar-refractivity contribution in [2.75, 3.05) is 0 Å². The summed E-state index contributed by atoms with van der Waals surface area (Å²) in [6.45, 7) is 0. The molecule has 1 aromatic heterocycles. The number of nitrogens with zero attached hydrogens (tertiary/aromatic N) is 2. The smallest absolute Gasteiger partial charge is 0.145 e. The van der Waals surface area contributed by atoms with Gasteiger partial charge in [-0.1, -0.05) is 0 Å². The highest BCUT2D eigenvalue weighted by Crippen LogP contribution is 2.24. The Morgan fingerprint density at radius 1 is 1.22 bits per heavy atom. The first-order valence-corrected chi connectivity index (χ1v) is 6.03. The van der Waals surface area contributed by atoms with Gasteiger partial charge in [0.05, 0.1) is 10.5 Å². The zero-order valence-electron chi connectivity index (χ0n) is 9.28. The van der Waals surface area contributed by atoms with E-state index in [1.165, 1.54) is 24.5 Å². The van der Waals surface area contributed by atoms with Gasteiger partial charge in [0.1, 0.15) is 17.5 Å². The van der Waals surface area contributed by atoms with Gasteiger partial charge in [-0.2, -0.15) is 0 Å². The van der Waals surface area contributed by atoms with Crippen molar-refractivity contribution in [1.29, 1.82) is 0 Å². The average Bonchev–Trinajstić information content (AvgIpc) is 2.40. The van der Waals surface area contributed by atoms with Gasteiger partial charge >= 0.3 is 0 Å². The largest absolute Gasteiger partial charge is 0.321 e. The van der Waals surface area contributed by atoms with E-state index in [0.717, 1.165) is 0 Å². The highest BCUT2D eigenvalue weighted by atomic mass is 79.9. The van der Waals surface area contributed by atoms with Gasteiger partial charge in [-0.3, -0.25) is 0 Å². The third kappa shape index (κ3) is 2.70. The van der Waals surface area contributed by atoms with Gasteiger partial charge in [0.2, 0.25) is 0 Å². The van der Waals surface area contributed by atoms with E-state index >= 15 is 0 Å². The zero-order chi connectivity index (χ0) is 13.1. The second-order valence-corrected chi connectivity index (χ2v) is 4.59. The van der Waals surface area contributed by atoms with Crippen molar-refractivity contribution in [1.82, 2.24) is 9.97 Å². The Balaban J connectivity index is 2.27. The Labute approximate surface area is 111 Å². The van der Waals surface area contributed by atoms with Gasteiger partial charge in [0.15, 0.2) is 0 Å². The van der Waals surface area contributed by atoms with Crippen LogP contribution in [-0.2, 0) is 6.42 Å². The molecule has 2 aromatic rings. The molecule has 6 heteroatoms. The molecule has 0 radical (unpaired) electrons. The number of aromatic nitrogens is 2. The molecule has 0 fully saturated rings. The summed E-state index contributed by atoms with van der Waals surface area (Å²) in [4.78, 5) is 7.93. The fourth-order valence-corrected chi connectivity index (χ4v) is 1.94. The Morgan fingerprint density at radius 3 is 2.56 bits per heavy atom. The van der Waals surface area contributed by atoms with Crippen LogP contribution in [0.15, 0.2) is 35.1 Å². The lowest BCUT2D eigenvalue weighted by atomic mass is 10.0. The Morgan fingerprint density at radius 2 is 1.89 bits per heavy atom. The molecular weight excluding hydrogens is 304 g/mol. The van der Waals surface area contributed by atoms with E-state index in [1.807, 2.05) is 0 Å². The first-order chi connectivity index (χ1) is 8.59. The molecular formula is C12H10BrF2N3. The monoisotopic (exact) mass is 313 g/mol. The van der Waals surface area contributed by atoms with E-state index in [0.29, 0.717) is 5.82 Å². The van der Waals surface area contributed by atoms with Crippen molar-refractivity contribution < 1.29 is 8.78 Å². The highest BCUT2D eigenvalue weighted by Gasteiger charge is 2.17. The molecule has 0 spiro atoms. The second-order valence-electron chi connectivity index (χ2n) is 3.74. The summed E-state index contributed by atoms with van der Waals surface area (Å²) in [6.07, 6.45) is 3.08. The lowest BCUT2D eigenvalue weighted by Gasteiger charge is -2.12.